The number of benzene rings is 1. The Morgan fingerprint density at radius 1 is 1.22 bits per heavy atom. The number of likely N-dealkylation sites (tertiary alicyclic amines) is 2. The molecule has 2 saturated heterocycles. The molecule has 142 valence electrons. The molecule has 2 aliphatic heterocycles. The van der Waals surface area contributed by atoms with Crippen molar-refractivity contribution in [2.45, 2.75) is 26.3 Å². The summed E-state index contributed by atoms with van der Waals surface area (Å²) in [5.41, 5.74) is 0.604. The van der Waals surface area contributed by atoms with Crippen molar-refractivity contribution < 1.29 is 18.7 Å². The van der Waals surface area contributed by atoms with Gasteiger partial charge >= 0.3 is 0 Å². The minimum absolute atomic E-state index is 0.126. The van der Waals surface area contributed by atoms with Gasteiger partial charge in [0.2, 0.25) is 5.91 Å². The van der Waals surface area contributed by atoms with Gasteiger partial charge in [-0.15, -0.1) is 0 Å². The number of furan rings is 1. The van der Waals surface area contributed by atoms with Gasteiger partial charge in [-0.3, -0.25) is 9.59 Å². The van der Waals surface area contributed by atoms with Crippen LogP contribution in [0.1, 0.15) is 34.7 Å². The fourth-order valence-corrected chi connectivity index (χ4v) is 4.16. The topological polar surface area (TPSA) is 63.0 Å². The van der Waals surface area contributed by atoms with Gasteiger partial charge in [0.05, 0.1) is 12.5 Å². The number of hydrogen-bond acceptors (Lipinski definition) is 4. The van der Waals surface area contributed by atoms with Crippen LogP contribution in [-0.2, 0) is 11.3 Å². The van der Waals surface area contributed by atoms with Crippen LogP contribution in [0.5, 0.6) is 5.75 Å². The maximum absolute atomic E-state index is 13.1. The fraction of sp³-hybridized carbons (Fsp3) is 0.429. The molecule has 4 rings (SSSR count). The van der Waals surface area contributed by atoms with Crippen LogP contribution in [0.2, 0.25) is 0 Å². The van der Waals surface area contributed by atoms with Gasteiger partial charge in [-0.25, -0.2) is 0 Å². The number of carbonyl (C=O) groups is 2. The zero-order valence-corrected chi connectivity index (χ0v) is 15.7. The molecule has 27 heavy (non-hydrogen) atoms. The highest BCUT2D eigenvalue weighted by molar-refractivity contribution is 5.93. The third-order valence-corrected chi connectivity index (χ3v) is 5.70. The van der Waals surface area contributed by atoms with Gasteiger partial charge in [-0.1, -0.05) is 12.1 Å². The summed E-state index contributed by atoms with van der Waals surface area (Å²) in [5, 5.41) is 0. The van der Waals surface area contributed by atoms with Crippen molar-refractivity contribution in [2.75, 3.05) is 26.7 Å². The molecule has 0 unspecified atom stereocenters. The lowest BCUT2D eigenvalue weighted by Gasteiger charge is -2.23. The van der Waals surface area contributed by atoms with Gasteiger partial charge < -0.3 is 19.0 Å². The van der Waals surface area contributed by atoms with E-state index < -0.39 is 5.41 Å². The number of hydrogen-bond donors (Lipinski definition) is 0. The molecular formula is C21H24N2O4. The molecule has 6 nitrogen and oxygen atoms in total. The lowest BCUT2D eigenvalue weighted by atomic mass is 9.85. The van der Waals surface area contributed by atoms with E-state index in [1.807, 2.05) is 36.1 Å². The number of methoxy groups -OCH3 is 1. The Bertz CT molecular complexity index is 875. The lowest BCUT2D eigenvalue weighted by molar-refractivity contribution is -0.135. The first-order valence-corrected chi connectivity index (χ1v) is 9.29. The first-order valence-electron chi connectivity index (χ1n) is 9.29. The molecule has 0 N–H and O–H groups in total. The Kier molecular flexibility index (Phi) is 4.42. The summed E-state index contributed by atoms with van der Waals surface area (Å²) in [6.45, 7) is 4.18. The molecule has 2 amide bonds. The van der Waals surface area contributed by atoms with Gasteiger partial charge in [0.25, 0.3) is 5.91 Å². The van der Waals surface area contributed by atoms with Crippen LogP contribution < -0.4 is 4.74 Å². The second kappa shape index (κ2) is 6.76. The maximum atomic E-state index is 13.1. The summed E-state index contributed by atoms with van der Waals surface area (Å²) in [7, 11) is 1.64. The van der Waals surface area contributed by atoms with E-state index in [0.29, 0.717) is 37.6 Å². The average Bonchev–Trinajstić information content (AvgIpc) is 3.38. The predicted molar refractivity (Wildman–Crippen MR) is 99.4 cm³/mol. The SMILES string of the molecule is COc1cccc(CN2CC[C@@]3(CCN(C(=O)c4ccc(C)o4)C3)C2=O)c1. The van der Waals surface area contributed by atoms with Crippen molar-refractivity contribution in [3.63, 3.8) is 0 Å². The highest BCUT2D eigenvalue weighted by atomic mass is 16.5. The second-order valence-corrected chi connectivity index (χ2v) is 7.50. The Labute approximate surface area is 158 Å². The van der Waals surface area contributed by atoms with E-state index in [1.54, 1.807) is 24.1 Å². The smallest absolute Gasteiger partial charge is 0.289 e. The third kappa shape index (κ3) is 3.20. The van der Waals surface area contributed by atoms with Crippen molar-refractivity contribution >= 4 is 11.8 Å². The minimum Gasteiger partial charge on any atom is -0.497 e. The Balaban J connectivity index is 1.44. The molecule has 2 aromatic rings. The predicted octanol–water partition coefficient (Wildman–Crippen LogP) is 2.86. The molecule has 3 heterocycles. The molecule has 0 aliphatic carbocycles. The Morgan fingerprint density at radius 2 is 2.04 bits per heavy atom. The second-order valence-electron chi connectivity index (χ2n) is 7.50. The highest BCUT2D eigenvalue weighted by Gasteiger charge is 2.51. The number of ether oxygens (including phenoxy) is 1. The number of rotatable bonds is 4. The van der Waals surface area contributed by atoms with Crippen LogP contribution in [0.4, 0.5) is 0 Å². The zero-order chi connectivity index (χ0) is 19.0. The molecule has 0 bridgehead atoms. The molecule has 6 heteroatoms. The summed E-state index contributed by atoms with van der Waals surface area (Å²) in [6.07, 6.45) is 1.50. The van der Waals surface area contributed by atoms with Crippen molar-refractivity contribution in [1.82, 2.24) is 9.80 Å². The van der Waals surface area contributed by atoms with E-state index >= 15 is 0 Å². The van der Waals surface area contributed by atoms with E-state index in [2.05, 4.69) is 0 Å². The average molecular weight is 368 g/mol. The summed E-state index contributed by atoms with van der Waals surface area (Å²) >= 11 is 0. The first-order chi connectivity index (χ1) is 13.0. The van der Waals surface area contributed by atoms with E-state index in [1.165, 1.54) is 0 Å². The monoisotopic (exact) mass is 368 g/mol. The van der Waals surface area contributed by atoms with Crippen LogP contribution >= 0.6 is 0 Å². The normalized spacial score (nSPS) is 22.1. The lowest BCUT2D eigenvalue weighted by Crippen LogP contribution is -2.38. The van der Waals surface area contributed by atoms with Crippen LogP contribution in [0.15, 0.2) is 40.8 Å². The zero-order valence-electron chi connectivity index (χ0n) is 15.7. The van der Waals surface area contributed by atoms with E-state index in [-0.39, 0.29) is 11.8 Å². The van der Waals surface area contributed by atoms with Gasteiger partial charge in [0.1, 0.15) is 11.5 Å². The van der Waals surface area contributed by atoms with Crippen LogP contribution in [-0.4, -0.2) is 48.4 Å². The summed E-state index contributed by atoms with van der Waals surface area (Å²) < 4.78 is 10.7. The quantitative estimate of drug-likeness (QED) is 0.833. The van der Waals surface area contributed by atoms with Crippen LogP contribution in [0, 0.1) is 12.3 Å². The minimum atomic E-state index is -0.448. The van der Waals surface area contributed by atoms with Crippen LogP contribution in [0.3, 0.4) is 0 Å². The van der Waals surface area contributed by atoms with E-state index in [4.69, 9.17) is 9.15 Å². The standard InChI is InChI=1S/C21H24N2O4/c1-15-6-7-18(27-15)19(24)23-11-9-21(14-23)8-10-22(20(21)25)13-16-4-3-5-17(12-16)26-2/h3-7,12H,8-11,13-14H2,1-2H3/t21-/m0/s1. The maximum Gasteiger partial charge on any atom is 0.289 e. The summed E-state index contributed by atoms with van der Waals surface area (Å²) in [4.78, 5) is 29.4. The first kappa shape index (κ1) is 17.6. The van der Waals surface area contributed by atoms with E-state index in [9.17, 15) is 9.59 Å². The Morgan fingerprint density at radius 3 is 2.78 bits per heavy atom. The van der Waals surface area contributed by atoms with Gasteiger partial charge in [-0.05, 0) is 49.6 Å². The summed E-state index contributed by atoms with van der Waals surface area (Å²) in [5.74, 6) is 1.88. The van der Waals surface area contributed by atoms with Crippen molar-refractivity contribution in [1.29, 1.82) is 0 Å². The molecule has 1 spiro atoms. The van der Waals surface area contributed by atoms with Gasteiger partial charge in [0, 0.05) is 26.2 Å². The van der Waals surface area contributed by atoms with Gasteiger partial charge in [-0.2, -0.15) is 0 Å². The third-order valence-electron chi connectivity index (χ3n) is 5.70. The molecule has 1 atom stereocenters. The Hall–Kier alpha value is -2.76. The molecule has 2 aliphatic rings. The summed E-state index contributed by atoms with van der Waals surface area (Å²) in [6, 6.07) is 11.3. The van der Waals surface area contributed by atoms with Crippen molar-refractivity contribution in [3.05, 3.63) is 53.5 Å². The molecule has 2 fully saturated rings. The van der Waals surface area contributed by atoms with Crippen LogP contribution in [0.25, 0.3) is 0 Å². The molecular weight excluding hydrogens is 344 g/mol. The largest absolute Gasteiger partial charge is 0.497 e. The van der Waals surface area contributed by atoms with E-state index in [0.717, 1.165) is 24.3 Å². The van der Waals surface area contributed by atoms with Gasteiger partial charge in [0.15, 0.2) is 5.76 Å². The van der Waals surface area contributed by atoms with Crippen molar-refractivity contribution in [2.24, 2.45) is 5.41 Å². The molecule has 1 aromatic carbocycles. The fourth-order valence-electron chi connectivity index (χ4n) is 4.16. The van der Waals surface area contributed by atoms with Crippen molar-refractivity contribution in [3.8, 4) is 5.75 Å². The molecule has 0 radical (unpaired) electrons. The molecule has 0 saturated carbocycles. The number of nitrogens with zero attached hydrogens (tertiary/aromatic N) is 2. The molecule has 1 aromatic heterocycles. The highest BCUT2D eigenvalue weighted by Crippen LogP contribution is 2.41. The number of amides is 2. The number of aryl methyl sites for hydroxylation is 1. The number of carbonyl (C=O) groups excluding carboxylic acids is 2.